The van der Waals surface area contributed by atoms with E-state index in [1.54, 1.807) is 0 Å². The number of rotatable bonds is 3. The van der Waals surface area contributed by atoms with Crippen LogP contribution in [0.2, 0.25) is 0 Å². The lowest BCUT2D eigenvalue weighted by Gasteiger charge is -2.48. The molecule has 0 atom stereocenters. The molecule has 1 aliphatic rings. The van der Waals surface area contributed by atoms with Gasteiger partial charge >= 0.3 is 0 Å². The number of nitrogens with one attached hydrogen (secondary N) is 1. The topological polar surface area (TPSA) is 15.3 Å². The molecule has 2 heteroatoms. The molecule has 0 spiro atoms. The van der Waals surface area contributed by atoms with Crippen LogP contribution in [0.4, 0.5) is 0 Å². The van der Waals surface area contributed by atoms with Crippen LogP contribution in [0.3, 0.4) is 0 Å². The molecule has 0 amide bonds. The molecule has 0 radical (unpaired) electrons. The van der Waals surface area contributed by atoms with Crippen LogP contribution in [0.5, 0.6) is 0 Å². The van der Waals surface area contributed by atoms with Gasteiger partial charge in [-0.05, 0) is 20.0 Å². The molecule has 0 aromatic heterocycles. The van der Waals surface area contributed by atoms with Crippen molar-refractivity contribution < 1.29 is 0 Å². The van der Waals surface area contributed by atoms with Crippen LogP contribution in [0.25, 0.3) is 0 Å². The van der Waals surface area contributed by atoms with E-state index >= 15 is 0 Å². The Kier molecular flexibility index (Phi) is 2.32. The summed E-state index contributed by atoms with van der Waals surface area (Å²) in [6.45, 7) is 8.00. The van der Waals surface area contributed by atoms with Gasteiger partial charge in [0.15, 0.2) is 0 Å². The first-order valence-corrected chi connectivity index (χ1v) is 4.17. The maximum Gasteiger partial charge on any atom is 0.0452 e. The Hall–Kier alpha value is -0.0800. The number of nitrogens with zero attached hydrogens (tertiary/aromatic N) is 1. The Labute approximate surface area is 63.6 Å². The highest BCUT2D eigenvalue weighted by Crippen LogP contribution is 2.21. The molecular formula is C8H18N2. The summed E-state index contributed by atoms with van der Waals surface area (Å²) in [7, 11) is 2.21. The fourth-order valence-electron chi connectivity index (χ4n) is 1.54. The molecule has 1 fully saturated rings. The van der Waals surface area contributed by atoms with Crippen LogP contribution >= 0.6 is 0 Å². The molecule has 1 saturated heterocycles. The zero-order valence-corrected chi connectivity index (χ0v) is 7.28. The second kappa shape index (κ2) is 2.89. The molecule has 0 bridgehead atoms. The smallest absolute Gasteiger partial charge is 0.0452 e. The van der Waals surface area contributed by atoms with E-state index in [4.69, 9.17) is 0 Å². The molecule has 2 nitrogen and oxygen atoms in total. The van der Waals surface area contributed by atoms with Gasteiger partial charge in [-0.2, -0.15) is 0 Å². The van der Waals surface area contributed by atoms with Crippen LogP contribution in [0.15, 0.2) is 0 Å². The Morgan fingerprint density at radius 3 is 2.10 bits per heavy atom. The molecule has 1 heterocycles. The molecule has 0 saturated carbocycles. The van der Waals surface area contributed by atoms with Crippen molar-refractivity contribution in [1.29, 1.82) is 0 Å². The van der Waals surface area contributed by atoms with E-state index in [1.807, 2.05) is 0 Å². The molecule has 1 aliphatic heterocycles. The van der Waals surface area contributed by atoms with Crippen molar-refractivity contribution in [2.75, 3.05) is 26.7 Å². The molecule has 1 N–H and O–H groups in total. The lowest BCUT2D eigenvalue weighted by atomic mass is 9.88. The Balaban J connectivity index is 2.46. The van der Waals surface area contributed by atoms with Gasteiger partial charge in [0.1, 0.15) is 0 Å². The summed E-state index contributed by atoms with van der Waals surface area (Å²) >= 11 is 0. The third-order valence-corrected chi connectivity index (χ3v) is 2.85. The molecule has 0 aromatic carbocycles. The molecular weight excluding hydrogens is 124 g/mol. The first-order chi connectivity index (χ1) is 4.75. The van der Waals surface area contributed by atoms with Gasteiger partial charge in [-0.1, -0.05) is 13.8 Å². The number of likely N-dealkylation sites (N-methyl/N-ethyl adjacent to an activating group) is 1. The summed E-state index contributed by atoms with van der Waals surface area (Å²) in [4.78, 5) is 2.45. The summed E-state index contributed by atoms with van der Waals surface area (Å²) < 4.78 is 0. The molecule has 0 unspecified atom stereocenters. The average Bonchev–Trinajstić information content (AvgIpc) is 1.86. The highest BCUT2D eigenvalue weighted by atomic mass is 15.3. The third kappa shape index (κ3) is 1.06. The second-order valence-electron chi connectivity index (χ2n) is 3.20. The minimum atomic E-state index is 0.495. The van der Waals surface area contributed by atoms with Crippen LogP contribution < -0.4 is 5.32 Å². The minimum Gasteiger partial charge on any atom is -0.313 e. The van der Waals surface area contributed by atoms with E-state index in [9.17, 15) is 0 Å². The normalized spacial score (nSPS) is 22.8. The molecule has 0 aromatic rings. The van der Waals surface area contributed by atoms with Gasteiger partial charge in [0.2, 0.25) is 0 Å². The largest absolute Gasteiger partial charge is 0.313 e. The van der Waals surface area contributed by atoms with Crippen molar-refractivity contribution in [2.24, 2.45) is 0 Å². The van der Waals surface area contributed by atoms with Crippen molar-refractivity contribution in [3.8, 4) is 0 Å². The third-order valence-electron chi connectivity index (χ3n) is 2.85. The van der Waals surface area contributed by atoms with Crippen molar-refractivity contribution >= 4 is 0 Å². The van der Waals surface area contributed by atoms with Gasteiger partial charge in [0, 0.05) is 18.6 Å². The van der Waals surface area contributed by atoms with Crippen LogP contribution in [0, 0.1) is 0 Å². The SMILES string of the molecule is CCN(C)C1(CC)CNC1. The van der Waals surface area contributed by atoms with E-state index in [0.29, 0.717) is 5.54 Å². The minimum absolute atomic E-state index is 0.495. The molecule has 0 aliphatic carbocycles. The monoisotopic (exact) mass is 142 g/mol. The van der Waals surface area contributed by atoms with E-state index < -0.39 is 0 Å². The van der Waals surface area contributed by atoms with Crippen LogP contribution in [-0.2, 0) is 0 Å². The summed E-state index contributed by atoms with van der Waals surface area (Å²) in [5, 5.41) is 3.33. The molecule has 1 rings (SSSR count). The first-order valence-electron chi connectivity index (χ1n) is 4.17. The van der Waals surface area contributed by atoms with E-state index in [0.717, 1.165) is 6.54 Å². The van der Waals surface area contributed by atoms with Crippen molar-refractivity contribution in [3.05, 3.63) is 0 Å². The molecule has 60 valence electrons. The van der Waals surface area contributed by atoms with Crippen molar-refractivity contribution in [3.63, 3.8) is 0 Å². The fourth-order valence-corrected chi connectivity index (χ4v) is 1.54. The number of hydrogen-bond donors (Lipinski definition) is 1. The van der Waals surface area contributed by atoms with Gasteiger partial charge in [-0.3, -0.25) is 4.90 Å². The van der Waals surface area contributed by atoms with Gasteiger partial charge in [0.25, 0.3) is 0 Å². The lowest BCUT2D eigenvalue weighted by Crippen LogP contribution is -2.67. The summed E-state index contributed by atoms with van der Waals surface area (Å²) in [6, 6.07) is 0. The average molecular weight is 142 g/mol. The zero-order chi connectivity index (χ0) is 7.61. The van der Waals surface area contributed by atoms with Crippen LogP contribution in [0.1, 0.15) is 20.3 Å². The maximum atomic E-state index is 3.33. The molecule has 10 heavy (non-hydrogen) atoms. The predicted octanol–water partition coefficient (Wildman–Crippen LogP) is 0.690. The van der Waals surface area contributed by atoms with Gasteiger partial charge in [-0.25, -0.2) is 0 Å². The van der Waals surface area contributed by atoms with Crippen molar-refractivity contribution in [2.45, 2.75) is 25.8 Å². The Bertz CT molecular complexity index is 102. The summed E-state index contributed by atoms with van der Waals surface area (Å²) in [5.74, 6) is 0. The van der Waals surface area contributed by atoms with E-state index in [2.05, 4.69) is 31.1 Å². The second-order valence-corrected chi connectivity index (χ2v) is 3.20. The highest BCUT2D eigenvalue weighted by molar-refractivity contribution is 4.99. The summed E-state index contributed by atoms with van der Waals surface area (Å²) in [6.07, 6.45) is 1.27. The lowest BCUT2D eigenvalue weighted by molar-refractivity contribution is 0.0622. The first kappa shape index (κ1) is 8.02. The van der Waals surface area contributed by atoms with E-state index in [-0.39, 0.29) is 0 Å². The van der Waals surface area contributed by atoms with Gasteiger partial charge in [0.05, 0.1) is 0 Å². The fraction of sp³-hybridized carbons (Fsp3) is 1.00. The zero-order valence-electron chi connectivity index (χ0n) is 7.28. The number of hydrogen-bond acceptors (Lipinski definition) is 2. The Morgan fingerprint density at radius 2 is 2.00 bits per heavy atom. The highest BCUT2D eigenvalue weighted by Gasteiger charge is 2.37. The van der Waals surface area contributed by atoms with Crippen molar-refractivity contribution in [1.82, 2.24) is 10.2 Å². The van der Waals surface area contributed by atoms with Gasteiger partial charge in [-0.15, -0.1) is 0 Å². The summed E-state index contributed by atoms with van der Waals surface area (Å²) in [5.41, 5.74) is 0.495. The van der Waals surface area contributed by atoms with Gasteiger partial charge < -0.3 is 5.32 Å². The quantitative estimate of drug-likeness (QED) is 0.623. The standard InChI is InChI=1S/C8H18N2/c1-4-8(6-9-7-8)10(3)5-2/h9H,4-7H2,1-3H3. The van der Waals surface area contributed by atoms with E-state index in [1.165, 1.54) is 19.5 Å². The van der Waals surface area contributed by atoms with Crippen LogP contribution in [-0.4, -0.2) is 37.1 Å². The maximum absolute atomic E-state index is 3.33. The Morgan fingerprint density at radius 1 is 1.40 bits per heavy atom. The predicted molar refractivity (Wildman–Crippen MR) is 44.2 cm³/mol.